The van der Waals surface area contributed by atoms with Crippen molar-refractivity contribution in [3.8, 4) is 11.5 Å². The molecule has 0 aliphatic carbocycles. The summed E-state index contributed by atoms with van der Waals surface area (Å²) in [4.78, 5) is 17.1. The highest BCUT2D eigenvalue weighted by Crippen LogP contribution is 2.28. The number of pyridine rings is 1. The topological polar surface area (TPSA) is 60.5 Å². The van der Waals surface area contributed by atoms with E-state index in [1.807, 2.05) is 43.3 Å². The molecule has 1 amide bonds. The van der Waals surface area contributed by atoms with Gasteiger partial charge in [-0.15, -0.1) is 0 Å². The molecule has 1 N–H and O–H groups in total. The van der Waals surface area contributed by atoms with E-state index in [1.165, 1.54) is 0 Å². The maximum Gasteiger partial charge on any atom is 0.252 e. The highest BCUT2D eigenvalue weighted by Gasteiger charge is 2.19. The molecular formula is C22H22N2O3. The minimum absolute atomic E-state index is 0.203. The minimum Gasteiger partial charge on any atom is -0.493 e. The molecule has 1 unspecified atom stereocenters. The van der Waals surface area contributed by atoms with Crippen molar-refractivity contribution >= 4 is 5.91 Å². The van der Waals surface area contributed by atoms with Crippen molar-refractivity contribution in [3.05, 3.63) is 89.2 Å². The van der Waals surface area contributed by atoms with Gasteiger partial charge in [0.1, 0.15) is 0 Å². The molecule has 3 rings (SSSR count). The highest BCUT2D eigenvalue weighted by molar-refractivity contribution is 5.95. The van der Waals surface area contributed by atoms with Crippen LogP contribution in [-0.2, 0) is 0 Å². The predicted molar refractivity (Wildman–Crippen MR) is 104 cm³/mol. The summed E-state index contributed by atoms with van der Waals surface area (Å²) in [6.07, 6.45) is 3.48. The van der Waals surface area contributed by atoms with Gasteiger partial charge in [-0.25, -0.2) is 0 Å². The molecule has 1 atom stereocenters. The summed E-state index contributed by atoms with van der Waals surface area (Å²) in [6.45, 7) is 2.03. The van der Waals surface area contributed by atoms with E-state index in [1.54, 1.807) is 44.8 Å². The van der Waals surface area contributed by atoms with Gasteiger partial charge in [0.2, 0.25) is 0 Å². The smallest absolute Gasteiger partial charge is 0.252 e. The monoisotopic (exact) mass is 362 g/mol. The fraction of sp³-hybridized carbons (Fsp3) is 0.182. The van der Waals surface area contributed by atoms with Gasteiger partial charge in [0.05, 0.1) is 20.3 Å². The number of aromatic nitrogens is 1. The van der Waals surface area contributed by atoms with Crippen LogP contribution < -0.4 is 14.8 Å². The summed E-state index contributed by atoms with van der Waals surface area (Å²) in [6, 6.07) is 16.7. The maximum absolute atomic E-state index is 12.9. The summed E-state index contributed by atoms with van der Waals surface area (Å²) in [5, 5.41) is 3.10. The fourth-order valence-electron chi connectivity index (χ4n) is 2.86. The van der Waals surface area contributed by atoms with Gasteiger partial charge in [0, 0.05) is 18.0 Å². The largest absolute Gasteiger partial charge is 0.493 e. The molecule has 27 heavy (non-hydrogen) atoms. The minimum atomic E-state index is -0.306. The summed E-state index contributed by atoms with van der Waals surface area (Å²) < 4.78 is 10.5. The van der Waals surface area contributed by atoms with E-state index >= 15 is 0 Å². The second kappa shape index (κ2) is 8.36. The SMILES string of the molecule is COc1ccc(C(=O)NC(c2ccc(C)cc2)c2cccnc2)cc1OC. The van der Waals surface area contributed by atoms with Crippen molar-refractivity contribution < 1.29 is 14.3 Å². The van der Waals surface area contributed by atoms with Gasteiger partial charge >= 0.3 is 0 Å². The number of hydrogen-bond donors (Lipinski definition) is 1. The molecule has 1 aromatic heterocycles. The average molecular weight is 362 g/mol. The van der Waals surface area contributed by atoms with E-state index in [-0.39, 0.29) is 11.9 Å². The van der Waals surface area contributed by atoms with E-state index < -0.39 is 0 Å². The first-order chi connectivity index (χ1) is 13.1. The van der Waals surface area contributed by atoms with Gasteiger partial charge in [-0.3, -0.25) is 9.78 Å². The number of nitrogens with one attached hydrogen (secondary N) is 1. The Bertz CT molecular complexity index is 909. The zero-order valence-corrected chi connectivity index (χ0v) is 15.6. The van der Waals surface area contributed by atoms with Crippen LogP contribution in [0.2, 0.25) is 0 Å². The van der Waals surface area contributed by atoms with E-state index in [0.717, 1.165) is 16.7 Å². The first-order valence-electron chi connectivity index (χ1n) is 8.61. The van der Waals surface area contributed by atoms with Gasteiger partial charge in [-0.1, -0.05) is 35.9 Å². The van der Waals surface area contributed by atoms with Crippen molar-refractivity contribution in [3.63, 3.8) is 0 Å². The molecule has 2 aromatic carbocycles. The van der Waals surface area contributed by atoms with Gasteiger partial charge in [0.15, 0.2) is 11.5 Å². The molecule has 0 bridgehead atoms. The molecule has 0 aliphatic rings. The third kappa shape index (κ3) is 4.26. The number of rotatable bonds is 6. The van der Waals surface area contributed by atoms with Crippen LogP contribution in [0.25, 0.3) is 0 Å². The van der Waals surface area contributed by atoms with E-state index in [4.69, 9.17) is 9.47 Å². The summed E-state index contributed by atoms with van der Waals surface area (Å²) in [5.41, 5.74) is 3.56. The molecule has 0 aliphatic heterocycles. The Balaban J connectivity index is 1.92. The molecule has 138 valence electrons. The molecule has 3 aromatic rings. The fourth-order valence-corrected chi connectivity index (χ4v) is 2.86. The molecule has 0 saturated heterocycles. The lowest BCUT2D eigenvalue weighted by molar-refractivity contribution is 0.0942. The Kier molecular flexibility index (Phi) is 5.71. The average Bonchev–Trinajstić information content (AvgIpc) is 2.72. The zero-order valence-electron chi connectivity index (χ0n) is 15.6. The number of aryl methyl sites for hydroxylation is 1. The standard InChI is InChI=1S/C22H22N2O3/c1-15-6-8-16(9-7-15)21(18-5-4-12-23-14-18)24-22(25)17-10-11-19(26-2)20(13-17)27-3/h4-14,21H,1-3H3,(H,24,25). The zero-order chi connectivity index (χ0) is 19.2. The third-order valence-electron chi connectivity index (χ3n) is 4.35. The number of carbonyl (C=O) groups excluding carboxylic acids is 1. The van der Waals surface area contributed by atoms with Crippen molar-refractivity contribution in [2.75, 3.05) is 14.2 Å². The summed E-state index contributed by atoms with van der Waals surface area (Å²) in [7, 11) is 3.11. The number of ether oxygens (including phenoxy) is 2. The van der Waals surface area contributed by atoms with Gasteiger partial charge in [-0.2, -0.15) is 0 Å². The van der Waals surface area contributed by atoms with Crippen molar-refractivity contribution in [1.29, 1.82) is 0 Å². The lowest BCUT2D eigenvalue weighted by Gasteiger charge is -2.20. The normalized spacial score (nSPS) is 11.5. The van der Waals surface area contributed by atoms with Crippen LogP contribution in [0.1, 0.15) is 33.1 Å². The highest BCUT2D eigenvalue weighted by atomic mass is 16.5. The summed E-state index contributed by atoms with van der Waals surface area (Å²) >= 11 is 0. The van der Waals surface area contributed by atoms with Crippen LogP contribution in [0.4, 0.5) is 0 Å². The van der Waals surface area contributed by atoms with E-state index in [9.17, 15) is 4.79 Å². The summed E-state index contributed by atoms with van der Waals surface area (Å²) in [5.74, 6) is 0.889. The van der Waals surface area contributed by atoms with Crippen LogP contribution >= 0.6 is 0 Å². The molecule has 5 heteroatoms. The van der Waals surface area contributed by atoms with Gasteiger partial charge < -0.3 is 14.8 Å². The molecule has 0 saturated carbocycles. The molecule has 5 nitrogen and oxygen atoms in total. The first kappa shape index (κ1) is 18.5. The number of benzene rings is 2. The maximum atomic E-state index is 12.9. The van der Waals surface area contributed by atoms with E-state index in [2.05, 4.69) is 10.3 Å². The van der Waals surface area contributed by atoms with Crippen LogP contribution in [0.15, 0.2) is 67.0 Å². The number of hydrogen-bond acceptors (Lipinski definition) is 4. The van der Waals surface area contributed by atoms with Crippen LogP contribution in [0, 0.1) is 6.92 Å². The van der Waals surface area contributed by atoms with Gasteiger partial charge in [0.25, 0.3) is 5.91 Å². The number of amides is 1. The van der Waals surface area contributed by atoms with E-state index in [0.29, 0.717) is 17.1 Å². The van der Waals surface area contributed by atoms with Crippen molar-refractivity contribution in [2.45, 2.75) is 13.0 Å². The Labute approximate surface area is 159 Å². The molecular weight excluding hydrogens is 340 g/mol. The first-order valence-corrected chi connectivity index (χ1v) is 8.61. The van der Waals surface area contributed by atoms with Crippen molar-refractivity contribution in [2.24, 2.45) is 0 Å². The Morgan fingerprint density at radius 1 is 0.963 bits per heavy atom. The quantitative estimate of drug-likeness (QED) is 0.722. The Morgan fingerprint density at radius 3 is 2.33 bits per heavy atom. The van der Waals surface area contributed by atoms with Gasteiger partial charge in [-0.05, 0) is 42.3 Å². The second-order valence-electron chi connectivity index (χ2n) is 6.17. The number of nitrogens with zero attached hydrogens (tertiary/aromatic N) is 1. The predicted octanol–water partition coefficient (Wildman–Crippen LogP) is 3.93. The lowest BCUT2D eigenvalue weighted by atomic mass is 9.98. The van der Waals surface area contributed by atoms with Crippen LogP contribution in [0.5, 0.6) is 11.5 Å². The second-order valence-corrected chi connectivity index (χ2v) is 6.17. The Morgan fingerprint density at radius 2 is 1.70 bits per heavy atom. The number of methoxy groups -OCH3 is 2. The lowest BCUT2D eigenvalue weighted by Crippen LogP contribution is -2.29. The number of carbonyl (C=O) groups is 1. The molecule has 0 spiro atoms. The Hall–Kier alpha value is -3.34. The molecule has 0 fully saturated rings. The third-order valence-corrected chi connectivity index (χ3v) is 4.35. The van der Waals surface area contributed by atoms with Crippen LogP contribution in [-0.4, -0.2) is 25.1 Å². The van der Waals surface area contributed by atoms with Crippen molar-refractivity contribution in [1.82, 2.24) is 10.3 Å². The molecule has 0 radical (unpaired) electrons. The molecule has 1 heterocycles. The van der Waals surface area contributed by atoms with Crippen LogP contribution in [0.3, 0.4) is 0 Å².